The second-order valence-electron chi connectivity index (χ2n) is 2.30. The third-order valence-corrected chi connectivity index (χ3v) is 1.60. The van der Waals surface area contributed by atoms with Crippen LogP contribution in [0.1, 0.15) is 5.56 Å². The van der Waals surface area contributed by atoms with Crippen molar-refractivity contribution in [1.82, 2.24) is 0 Å². The summed E-state index contributed by atoms with van der Waals surface area (Å²) in [5, 5.41) is 0. The number of ether oxygens (including phenoxy) is 1. The van der Waals surface area contributed by atoms with Gasteiger partial charge >= 0.3 is 0 Å². The van der Waals surface area contributed by atoms with E-state index in [0.717, 1.165) is 12.2 Å². The normalized spacial score (nSPS) is 11.7. The molecule has 0 spiro atoms. The Kier molecular flexibility index (Phi) is 5.34. The molecule has 0 unspecified atom stereocenters. The zero-order valence-corrected chi connectivity index (χ0v) is 8.20. The molecule has 0 aliphatic carbocycles. The number of hydrogen-bond donors (Lipinski definition) is 0. The van der Waals surface area contributed by atoms with Gasteiger partial charge in [0.25, 0.3) is 0 Å². The first-order valence-corrected chi connectivity index (χ1v) is 3.36. The summed E-state index contributed by atoms with van der Waals surface area (Å²) in [7, 11) is 0. The van der Waals surface area contributed by atoms with Gasteiger partial charge in [-0.1, -0.05) is 18.2 Å². The first-order valence-electron chi connectivity index (χ1n) is 3.36. The van der Waals surface area contributed by atoms with Crippen molar-refractivity contribution in [3.63, 3.8) is 0 Å². The molecule has 0 atom stereocenters. The van der Waals surface area contributed by atoms with E-state index >= 15 is 0 Å². The smallest absolute Gasteiger partial charge is 0.130 e. The average molecular weight is 255 g/mol. The maximum atomic E-state index is 5.24. The number of fused-ring (bicyclic) bond motifs is 1. The van der Waals surface area contributed by atoms with Crippen LogP contribution in [0.15, 0.2) is 36.6 Å². The van der Waals surface area contributed by atoms with Crippen LogP contribution in [0, 0.1) is 0 Å². The first-order chi connectivity index (χ1) is 4.97. The van der Waals surface area contributed by atoms with Crippen LogP contribution in [0.2, 0.25) is 0 Å². The zero-order valence-electron chi connectivity index (χ0n) is 6.21. The third-order valence-electron chi connectivity index (χ3n) is 1.60. The van der Waals surface area contributed by atoms with Crippen molar-refractivity contribution in [3.8, 4) is 5.75 Å². The minimum atomic E-state index is 0. The van der Waals surface area contributed by atoms with Gasteiger partial charge in [0, 0.05) is 33.8 Å². The Bertz CT molecular complexity index is 246. The van der Waals surface area contributed by atoms with Crippen molar-refractivity contribution >= 4 is 0 Å². The average Bonchev–Trinajstić information content (AvgIpc) is 2.05. The van der Waals surface area contributed by atoms with Crippen molar-refractivity contribution in [2.45, 2.75) is 6.42 Å². The number of rotatable bonds is 0. The minimum absolute atomic E-state index is 0. The van der Waals surface area contributed by atoms with Crippen LogP contribution in [0.5, 0.6) is 5.75 Å². The quantitative estimate of drug-likeness (QED) is 0.645. The van der Waals surface area contributed by atoms with E-state index in [1.165, 1.54) is 5.56 Å². The second-order valence-corrected chi connectivity index (χ2v) is 2.30. The topological polar surface area (TPSA) is 9.23 Å². The molecule has 1 nitrogen and oxygen atoms in total. The van der Waals surface area contributed by atoms with Gasteiger partial charge in [0.2, 0.25) is 0 Å². The van der Waals surface area contributed by atoms with Crippen molar-refractivity contribution in [2.24, 2.45) is 0 Å². The molecule has 0 saturated heterocycles. The van der Waals surface area contributed by atoms with Gasteiger partial charge in [-0.25, -0.2) is 0 Å². The van der Waals surface area contributed by atoms with E-state index in [1.54, 1.807) is 6.26 Å². The van der Waals surface area contributed by atoms with Gasteiger partial charge < -0.3 is 4.74 Å². The van der Waals surface area contributed by atoms with E-state index in [4.69, 9.17) is 4.74 Å². The van der Waals surface area contributed by atoms with Gasteiger partial charge in [-0.3, -0.25) is 0 Å². The number of hydrogen-bond acceptors (Lipinski definition) is 1. The fraction of sp³-hybridized carbons (Fsp3) is 0.111. The molecule has 1 aliphatic heterocycles. The molecule has 1 aliphatic rings. The molecule has 1 aromatic carbocycles. The molecule has 0 bridgehead atoms. The molecule has 3 heteroatoms. The monoisotopic (exact) mass is 254 g/mol. The van der Waals surface area contributed by atoms with Crippen LogP contribution in [-0.4, -0.2) is 0 Å². The number of allylic oxidation sites excluding steroid dienone is 1. The number of benzene rings is 1. The molecule has 12 heavy (non-hydrogen) atoms. The summed E-state index contributed by atoms with van der Waals surface area (Å²) in [6, 6.07) is 8.08. The summed E-state index contributed by atoms with van der Waals surface area (Å²) in [6.07, 6.45) is 4.75. The second kappa shape index (κ2) is 5.43. The van der Waals surface area contributed by atoms with Gasteiger partial charge in [0.05, 0.1) is 6.26 Å². The predicted molar refractivity (Wildman–Crippen MR) is 39.9 cm³/mol. The van der Waals surface area contributed by atoms with E-state index in [-0.39, 0.29) is 33.8 Å². The zero-order chi connectivity index (χ0) is 6.81. The summed E-state index contributed by atoms with van der Waals surface area (Å²) in [5.41, 5.74) is 1.27. The van der Waals surface area contributed by atoms with Crippen molar-refractivity contribution < 1.29 is 38.6 Å². The molecule has 2 rings (SSSR count). The van der Waals surface area contributed by atoms with Gasteiger partial charge in [-0.05, 0) is 24.1 Å². The Hall–Kier alpha value is -0.214. The van der Waals surface area contributed by atoms with Gasteiger partial charge in [0.15, 0.2) is 0 Å². The fourth-order valence-corrected chi connectivity index (χ4v) is 1.08. The molecular weight excluding hydrogens is 247 g/mol. The molecule has 0 aromatic heterocycles. The summed E-state index contributed by atoms with van der Waals surface area (Å²) < 4.78 is 5.24. The minimum Gasteiger partial charge on any atom is -0.465 e. The molecular formula is C9H8CoCuO. The molecule has 1 aromatic rings. The summed E-state index contributed by atoms with van der Waals surface area (Å²) >= 11 is 0. The van der Waals surface area contributed by atoms with E-state index in [2.05, 4.69) is 6.07 Å². The van der Waals surface area contributed by atoms with Crippen molar-refractivity contribution in [1.29, 1.82) is 0 Å². The molecule has 0 N–H and O–H groups in total. The Balaban J connectivity index is 0.000000605. The van der Waals surface area contributed by atoms with Gasteiger partial charge in [0.1, 0.15) is 5.75 Å². The summed E-state index contributed by atoms with van der Waals surface area (Å²) in [4.78, 5) is 0. The van der Waals surface area contributed by atoms with Crippen LogP contribution in [0.3, 0.4) is 0 Å². The maximum absolute atomic E-state index is 5.24. The Morgan fingerprint density at radius 3 is 2.67 bits per heavy atom. The van der Waals surface area contributed by atoms with Gasteiger partial charge in [-0.2, -0.15) is 0 Å². The largest absolute Gasteiger partial charge is 0.465 e. The standard InChI is InChI=1S/C9H8O.Co.Cu/c1-2-6-9-8(4-1)5-3-7-10-9;;/h1-4,6-7H,5H2;;. The summed E-state index contributed by atoms with van der Waals surface area (Å²) in [5.74, 6) is 0.991. The first kappa shape index (κ1) is 11.8. The van der Waals surface area contributed by atoms with E-state index in [0.29, 0.717) is 0 Å². The van der Waals surface area contributed by atoms with E-state index < -0.39 is 0 Å². The number of para-hydroxylation sites is 1. The Labute approximate surface area is 92.9 Å². The Morgan fingerprint density at radius 2 is 1.92 bits per heavy atom. The molecule has 0 amide bonds. The fourth-order valence-electron chi connectivity index (χ4n) is 1.08. The third kappa shape index (κ3) is 2.39. The van der Waals surface area contributed by atoms with Gasteiger partial charge in [-0.15, -0.1) is 0 Å². The van der Waals surface area contributed by atoms with Crippen LogP contribution >= 0.6 is 0 Å². The molecule has 1 heterocycles. The molecule has 0 saturated carbocycles. The van der Waals surface area contributed by atoms with Crippen LogP contribution in [0.4, 0.5) is 0 Å². The van der Waals surface area contributed by atoms with Crippen LogP contribution in [-0.2, 0) is 40.3 Å². The maximum Gasteiger partial charge on any atom is 0.130 e. The molecule has 2 radical (unpaired) electrons. The molecule has 70 valence electrons. The van der Waals surface area contributed by atoms with Crippen molar-refractivity contribution in [2.75, 3.05) is 0 Å². The van der Waals surface area contributed by atoms with Crippen molar-refractivity contribution in [3.05, 3.63) is 42.2 Å². The summed E-state index contributed by atoms with van der Waals surface area (Å²) in [6.45, 7) is 0. The Morgan fingerprint density at radius 1 is 1.17 bits per heavy atom. The van der Waals surface area contributed by atoms with E-state index in [9.17, 15) is 0 Å². The molecule has 0 fully saturated rings. The SMILES string of the molecule is C1=COc2ccccc2C1.[Co].[Cu]. The van der Waals surface area contributed by atoms with Crippen LogP contribution < -0.4 is 4.74 Å². The predicted octanol–water partition coefficient (Wildman–Crippen LogP) is 2.13. The van der Waals surface area contributed by atoms with E-state index in [1.807, 2.05) is 24.3 Å². The van der Waals surface area contributed by atoms with Crippen LogP contribution in [0.25, 0.3) is 0 Å².